The zero-order chi connectivity index (χ0) is 14.5. The summed E-state index contributed by atoms with van der Waals surface area (Å²) >= 11 is 0. The van der Waals surface area contributed by atoms with Crippen LogP contribution >= 0.6 is 0 Å². The minimum atomic E-state index is -0.151. The molecular weight excluding hydrogens is 255 g/mol. The van der Waals surface area contributed by atoms with E-state index < -0.39 is 0 Å². The van der Waals surface area contributed by atoms with E-state index in [2.05, 4.69) is 19.2 Å². The number of halogens is 1. The molecule has 0 bridgehead atoms. The Balaban J connectivity index is 2.25. The highest BCUT2D eigenvalue weighted by Gasteiger charge is 2.25. The van der Waals surface area contributed by atoms with Gasteiger partial charge in [-0.2, -0.15) is 0 Å². The molecule has 0 aromatic heterocycles. The molecule has 0 saturated carbocycles. The maximum absolute atomic E-state index is 14.3. The highest BCUT2D eigenvalue weighted by molar-refractivity contribution is 5.56. The molecule has 0 spiro atoms. The lowest BCUT2D eigenvalue weighted by Crippen LogP contribution is -2.34. The van der Waals surface area contributed by atoms with Gasteiger partial charge in [0.2, 0.25) is 0 Å². The Morgan fingerprint density at radius 1 is 1.50 bits per heavy atom. The molecule has 112 valence electrons. The van der Waals surface area contributed by atoms with Gasteiger partial charge in [0.1, 0.15) is 5.82 Å². The molecule has 1 heterocycles. The molecule has 1 N–H and O–H groups in total. The summed E-state index contributed by atoms with van der Waals surface area (Å²) in [6.45, 7) is 6.61. The van der Waals surface area contributed by atoms with Gasteiger partial charge in [-0.05, 0) is 37.9 Å². The van der Waals surface area contributed by atoms with Crippen molar-refractivity contribution < 1.29 is 9.13 Å². The molecule has 2 rings (SSSR count). The van der Waals surface area contributed by atoms with Gasteiger partial charge in [0.15, 0.2) is 0 Å². The van der Waals surface area contributed by atoms with Gasteiger partial charge in [-0.1, -0.05) is 19.1 Å². The number of benzene rings is 1. The van der Waals surface area contributed by atoms with Crippen molar-refractivity contribution in [3.05, 3.63) is 29.6 Å². The molecule has 1 aromatic carbocycles. The van der Waals surface area contributed by atoms with Crippen LogP contribution in [0.2, 0.25) is 0 Å². The summed E-state index contributed by atoms with van der Waals surface area (Å²) in [6, 6.07) is 5.75. The van der Waals surface area contributed by atoms with E-state index in [9.17, 15) is 4.39 Å². The first-order valence-corrected chi connectivity index (χ1v) is 7.47. The quantitative estimate of drug-likeness (QED) is 0.866. The van der Waals surface area contributed by atoms with Crippen LogP contribution in [0.25, 0.3) is 0 Å². The van der Waals surface area contributed by atoms with Crippen molar-refractivity contribution in [2.45, 2.75) is 38.8 Å². The molecule has 0 radical (unpaired) electrons. The first-order chi connectivity index (χ1) is 9.65. The standard InChI is InChI=1S/C16H25FN2O/c1-4-9-18-12(2)14-6-5-7-15(17)16(14)19(3)13-8-10-20-11-13/h5-7,12-13,18H,4,8-11H2,1-3H3. The topological polar surface area (TPSA) is 24.5 Å². The average molecular weight is 280 g/mol. The van der Waals surface area contributed by atoms with Crippen LogP contribution in [0.1, 0.15) is 38.3 Å². The van der Waals surface area contributed by atoms with Gasteiger partial charge in [0.25, 0.3) is 0 Å². The molecular formula is C16H25FN2O. The van der Waals surface area contributed by atoms with Gasteiger partial charge in [-0.15, -0.1) is 0 Å². The first-order valence-electron chi connectivity index (χ1n) is 7.47. The second-order valence-electron chi connectivity index (χ2n) is 5.48. The van der Waals surface area contributed by atoms with Crippen molar-refractivity contribution >= 4 is 5.69 Å². The van der Waals surface area contributed by atoms with Crippen LogP contribution in [-0.4, -0.2) is 32.8 Å². The van der Waals surface area contributed by atoms with Gasteiger partial charge in [0, 0.05) is 19.7 Å². The Morgan fingerprint density at radius 2 is 2.30 bits per heavy atom. The van der Waals surface area contributed by atoms with E-state index in [0.29, 0.717) is 12.3 Å². The van der Waals surface area contributed by atoms with Gasteiger partial charge in [-0.3, -0.25) is 0 Å². The molecule has 2 unspecified atom stereocenters. The van der Waals surface area contributed by atoms with E-state index in [1.165, 1.54) is 6.07 Å². The van der Waals surface area contributed by atoms with Crippen LogP contribution < -0.4 is 10.2 Å². The third-order valence-corrected chi connectivity index (χ3v) is 3.99. The van der Waals surface area contributed by atoms with Crippen molar-refractivity contribution in [3.8, 4) is 0 Å². The predicted octanol–water partition coefficient (Wildman–Crippen LogP) is 3.11. The van der Waals surface area contributed by atoms with Crippen LogP contribution in [0.5, 0.6) is 0 Å². The second kappa shape index (κ2) is 7.04. The van der Waals surface area contributed by atoms with Gasteiger partial charge in [-0.25, -0.2) is 4.39 Å². The molecule has 3 nitrogen and oxygen atoms in total. The highest BCUT2D eigenvalue weighted by Crippen LogP contribution is 2.31. The SMILES string of the molecule is CCCNC(C)c1cccc(F)c1N(C)C1CCOC1. The second-order valence-corrected chi connectivity index (χ2v) is 5.48. The number of hydrogen-bond acceptors (Lipinski definition) is 3. The Morgan fingerprint density at radius 3 is 2.95 bits per heavy atom. The van der Waals surface area contributed by atoms with Crippen molar-refractivity contribution in [1.82, 2.24) is 5.32 Å². The lowest BCUT2D eigenvalue weighted by Gasteiger charge is -2.30. The van der Waals surface area contributed by atoms with E-state index in [4.69, 9.17) is 4.74 Å². The monoisotopic (exact) mass is 280 g/mol. The number of likely N-dealkylation sites (N-methyl/N-ethyl adjacent to an activating group) is 1. The Labute approximate surface area is 121 Å². The van der Waals surface area contributed by atoms with E-state index in [1.807, 2.05) is 18.0 Å². The fraction of sp³-hybridized carbons (Fsp3) is 0.625. The first kappa shape index (κ1) is 15.3. The van der Waals surface area contributed by atoms with Crippen LogP contribution in [0.15, 0.2) is 18.2 Å². The fourth-order valence-electron chi connectivity index (χ4n) is 2.73. The summed E-state index contributed by atoms with van der Waals surface area (Å²) in [5.41, 5.74) is 1.73. The maximum Gasteiger partial charge on any atom is 0.146 e. The molecule has 0 amide bonds. The Bertz CT molecular complexity index is 432. The Hall–Kier alpha value is -1.13. The number of ether oxygens (including phenoxy) is 1. The van der Waals surface area contributed by atoms with Crippen molar-refractivity contribution in [1.29, 1.82) is 0 Å². The highest BCUT2D eigenvalue weighted by atomic mass is 19.1. The number of rotatable bonds is 6. The number of hydrogen-bond donors (Lipinski definition) is 1. The zero-order valence-corrected chi connectivity index (χ0v) is 12.7. The average Bonchev–Trinajstić information content (AvgIpc) is 2.98. The van der Waals surface area contributed by atoms with Crippen LogP contribution in [0.3, 0.4) is 0 Å². The van der Waals surface area contributed by atoms with Crippen molar-refractivity contribution in [2.24, 2.45) is 0 Å². The van der Waals surface area contributed by atoms with E-state index in [-0.39, 0.29) is 17.9 Å². The number of para-hydroxylation sites is 1. The summed E-state index contributed by atoms with van der Waals surface area (Å²) in [5, 5.41) is 3.44. The lowest BCUT2D eigenvalue weighted by atomic mass is 10.0. The summed E-state index contributed by atoms with van der Waals surface area (Å²) in [4.78, 5) is 2.04. The van der Waals surface area contributed by atoms with Crippen molar-refractivity contribution in [2.75, 3.05) is 31.7 Å². The largest absolute Gasteiger partial charge is 0.379 e. The molecule has 4 heteroatoms. The normalized spacial score (nSPS) is 20.1. The molecule has 0 aliphatic carbocycles. The lowest BCUT2D eigenvalue weighted by molar-refractivity contribution is 0.193. The molecule has 2 atom stereocenters. The van der Waals surface area contributed by atoms with Crippen LogP contribution in [0, 0.1) is 5.82 Å². The predicted molar refractivity (Wildman–Crippen MR) is 80.7 cm³/mol. The van der Waals surface area contributed by atoms with Gasteiger partial charge in [0.05, 0.1) is 18.3 Å². The van der Waals surface area contributed by atoms with E-state index in [0.717, 1.165) is 31.6 Å². The van der Waals surface area contributed by atoms with Gasteiger partial charge < -0.3 is 15.0 Å². The van der Waals surface area contributed by atoms with Crippen LogP contribution in [-0.2, 0) is 4.74 Å². The number of nitrogens with zero attached hydrogens (tertiary/aromatic N) is 1. The zero-order valence-electron chi connectivity index (χ0n) is 12.7. The summed E-state index contributed by atoms with van der Waals surface area (Å²) < 4.78 is 19.8. The summed E-state index contributed by atoms with van der Waals surface area (Å²) in [7, 11) is 1.97. The summed E-state index contributed by atoms with van der Waals surface area (Å²) in [6.07, 6.45) is 2.03. The minimum absolute atomic E-state index is 0.144. The smallest absolute Gasteiger partial charge is 0.146 e. The maximum atomic E-state index is 14.3. The van der Waals surface area contributed by atoms with Crippen molar-refractivity contribution in [3.63, 3.8) is 0 Å². The third kappa shape index (κ3) is 3.30. The molecule has 1 aliphatic heterocycles. The summed E-state index contributed by atoms with van der Waals surface area (Å²) in [5.74, 6) is -0.151. The Kier molecular flexibility index (Phi) is 5.38. The molecule has 1 aromatic rings. The third-order valence-electron chi connectivity index (χ3n) is 3.99. The van der Waals surface area contributed by atoms with E-state index in [1.54, 1.807) is 6.07 Å². The van der Waals surface area contributed by atoms with Crippen LogP contribution in [0.4, 0.5) is 10.1 Å². The fourth-order valence-corrected chi connectivity index (χ4v) is 2.73. The number of nitrogens with one attached hydrogen (secondary N) is 1. The van der Waals surface area contributed by atoms with Gasteiger partial charge >= 0.3 is 0 Å². The minimum Gasteiger partial charge on any atom is -0.379 e. The molecule has 20 heavy (non-hydrogen) atoms. The molecule has 1 saturated heterocycles. The molecule has 1 fully saturated rings. The van der Waals surface area contributed by atoms with E-state index >= 15 is 0 Å². The number of anilines is 1. The molecule has 1 aliphatic rings.